The van der Waals surface area contributed by atoms with Crippen molar-refractivity contribution in [2.45, 2.75) is 97.8 Å². The van der Waals surface area contributed by atoms with Gasteiger partial charge in [0.25, 0.3) is 0 Å². The monoisotopic (exact) mass is 817 g/mol. The van der Waals surface area contributed by atoms with Gasteiger partial charge in [-0.25, -0.2) is 0 Å². The summed E-state index contributed by atoms with van der Waals surface area (Å²) in [4.78, 5) is 2.69. The maximum absolute atomic E-state index is 2.78. The molecular formula is C59H56BN3. The summed E-state index contributed by atoms with van der Waals surface area (Å²) >= 11 is 0. The summed E-state index contributed by atoms with van der Waals surface area (Å²) in [6, 6.07) is 53.9. The highest BCUT2D eigenvalue weighted by molar-refractivity contribution is 6.86. The molecule has 0 unspecified atom stereocenters. The zero-order chi connectivity index (χ0) is 43.7. The third kappa shape index (κ3) is 5.15. The summed E-state index contributed by atoms with van der Waals surface area (Å²) in [5.41, 5.74) is 22.1. The number of aromatic nitrogens is 2. The average Bonchev–Trinajstić information content (AvgIpc) is 3.84. The van der Waals surface area contributed by atoms with Crippen LogP contribution >= 0.6 is 0 Å². The Labute approximate surface area is 372 Å². The molecule has 0 fully saturated rings. The summed E-state index contributed by atoms with van der Waals surface area (Å²) in [6.45, 7) is 26.1. The van der Waals surface area contributed by atoms with Gasteiger partial charge in [-0.15, -0.1) is 0 Å². The molecule has 4 heteroatoms. The number of nitrogens with zero attached hydrogens (tertiary/aromatic N) is 3. The third-order valence-electron chi connectivity index (χ3n) is 14.9. The smallest absolute Gasteiger partial charge is 0.329 e. The molecule has 2 aliphatic heterocycles. The van der Waals surface area contributed by atoms with Gasteiger partial charge in [-0.1, -0.05) is 161 Å². The number of para-hydroxylation sites is 3. The van der Waals surface area contributed by atoms with Gasteiger partial charge >= 0.3 is 6.85 Å². The number of anilines is 2. The van der Waals surface area contributed by atoms with E-state index in [1.54, 1.807) is 0 Å². The molecule has 0 atom stereocenters. The number of hydrogen-bond donors (Lipinski definition) is 0. The Bertz CT molecular complexity index is 3460. The van der Waals surface area contributed by atoms with Gasteiger partial charge in [0.15, 0.2) is 0 Å². The summed E-state index contributed by atoms with van der Waals surface area (Å²) in [7, 11) is 0. The molecule has 310 valence electrons. The molecule has 0 N–H and O–H groups in total. The quantitative estimate of drug-likeness (QED) is 0.158. The lowest BCUT2D eigenvalue weighted by Gasteiger charge is -2.44. The zero-order valence-corrected chi connectivity index (χ0v) is 38.7. The molecule has 0 bridgehead atoms. The van der Waals surface area contributed by atoms with Gasteiger partial charge in [-0.2, -0.15) is 0 Å². The van der Waals surface area contributed by atoms with Crippen LogP contribution in [0.2, 0.25) is 0 Å². The van der Waals surface area contributed by atoms with Crippen LogP contribution in [-0.4, -0.2) is 15.9 Å². The second-order valence-electron chi connectivity index (χ2n) is 22.3. The van der Waals surface area contributed by atoms with Crippen LogP contribution in [0.25, 0.3) is 66.1 Å². The second kappa shape index (κ2) is 12.5. The molecule has 0 saturated heterocycles. The SMILES string of the molecule is CC(C)(C)c1ccc(N2C3=C(B4c5c(cc(C(C)(C)C)cc52)-c2c5c(cc6c7ccccc7n(-c7ccccc7)c26)c2ccccc2n54)C(C)(C)c2ccc(C(C)(C)C)cc23)cc1. The number of rotatable bonds is 2. The van der Waals surface area contributed by atoms with Crippen molar-refractivity contribution in [2.75, 3.05) is 4.90 Å². The number of benzene rings is 7. The molecular weight excluding hydrogens is 761 g/mol. The fraction of sp³-hybridized carbons (Fsp3) is 0.254. The van der Waals surface area contributed by atoms with E-state index in [4.69, 9.17) is 0 Å². The molecule has 2 aromatic heterocycles. The van der Waals surface area contributed by atoms with Crippen molar-refractivity contribution >= 4 is 73.0 Å². The molecule has 0 amide bonds. The fourth-order valence-corrected chi connectivity index (χ4v) is 11.7. The van der Waals surface area contributed by atoms with Gasteiger partial charge in [-0.3, -0.25) is 0 Å². The number of allylic oxidation sites excluding steroid dienone is 1. The van der Waals surface area contributed by atoms with Crippen LogP contribution in [-0.2, 0) is 21.7 Å². The highest BCUT2D eigenvalue weighted by Crippen LogP contribution is 2.58. The molecule has 7 aromatic carbocycles. The van der Waals surface area contributed by atoms with Crippen LogP contribution in [0.1, 0.15) is 104 Å². The van der Waals surface area contributed by atoms with E-state index < -0.39 is 0 Å². The van der Waals surface area contributed by atoms with Crippen molar-refractivity contribution in [3.63, 3.8) is 0 Å². The first-order valence-corrected chi connectivity index (χ1v) is 23.0. The Morgan fingerprint density at radius 1 is 0.476 bits per heavy atom. The van der Waals surface area contributed by atoms with Gasteiger partial charge < -0.3 is 13.9 Å². The molecule has 0 spiro atoms. The van der Waals surface area contributed by atoms with E-state index in [9.17, 15) is 0 Å². The molecule has 3 aliphatic rings. The lowest BCUT2D eigenvalue weighted by atomic mass is 9.40. The maximum Gasteiger partial charge on any atom is 0.329 e. The fourth-order valence-electron chi connectivity index (χ4n) is 11.7. The standard InChI is InChI=1S/C59H56BN3/c1-56(2,3)35-25-28-39(29-26-35)62-49-33-37(58(7,8)9)32-45-50-52-42(40-21-15-17-23-47(40)61(52)38-19-13-12-14-20-38)34-43-41-22-16-18-24-48(41)63(53(43)50)60(51(45)49)55-54(62)44-31-36(57(4,5)6)27-30-46(44)59(55,10)11/h12-34H,1-11H3. The first kappa shape index (κ1) is 38.4. The molecule has 4 heterocycles. The lowest BCUT2D eigenvalue weighted by molar-refractivity contribution is 0.588. The molecule has 0 saturated carbocycles. The Morgan fingerprint density at radius 2 is 1.05 bits per heavy atom. The van der Waals surface area contributed by atoms with Crippen molar-refractivity contribution in [1.82, 2.24) is 9.05 Å². The zero-order valence-electron chi connectivity index (χ0n) is 38.7. The van der Waals surface area contributed by atoms with E-state index in [0.29, 0.717) is 0 Å². The van der Waals surface area contributed by atoms with Crippen molar-refractivity contribution in [3.8, 4) is 16.8 Å². The van der Waals surface area contributed by atoms with Crippen LogP contribution in [0.4, 0.5) is 11.4 Å². The Hall–Kier alpha value is -6.26. The van der Waals surface area contributed by atoms with Crippen molar-refractivity contribution in [1.29, 1.82) is 0 Å². The van der Waals surface area contributed by atoms with Crippen molar-refractivity contribution in [3.05, 3.63) is 173 Å². The van der Waals surface area contributed by atoms with Crippen molar-refractivity contribution < 1.29 is 0 Å². The molecule has 3 nitrogen and oxygen atoms in total. The van der Waals surface area contributed by atoms with Crippen LogP contribution in [0.15, 0.2) is 145 Å². The van der Waals surface area contributed by atoms with Crippen LogP contribution in [0, 0.1) is 0 Å². The predicted octanol–water partition coefficient (Wildman–Crippen LogP) is 14.9. The van der Waals surface area contributed by atoms with Crippen LogP contribution in [0.5, 0.6) is 0 Å². The second-order valence-corrected chi connectivity index (χ2v) is 22.3. The average molecular weight is 818 g/mol. The highest BCUT2D eigenvalue weighted by Gasteiger charge is 2.54. The summed E-state index contributed by atoms with van der Waals surface area (Å²) in [5, 5.41) is 5.20. The maximum atomic E-state index is 2.78. The van der Waals surface area contributed by atoms with E-state index in [1.807, 2.05) is 0 Å². The summed E-state index contributed by atoms with van der Waals surface area (Å²) < 4.78 is 5.33. The first-order chi connectivity index (χ1) is 29.9. The molecule has 9 aromatic rings. The lowest BCUT2D eigenvalue weighted by Crippen LogP contribution is -2.52. The summed E-state index contributed by atoms with van der Waals surface area (Å²) in [5.74, 6) is 0. The van der Waals surface area contributed by atoms with Crippen molar-refractivity contribution in [2.24, 2.45) is 0 Å². The van der Waals surface area contributed by atoms with Crippen LogP contribution in [0.3, 0.4) is 0 Å². The van der Waals surface area contributed by atoms with Gasteiger partial charge in [0, 0.05) is 71.9 Å². The van der Waals surface area contributed by atoms with E-state index >= 15 is 0 Å². The molecule has 1 aliphatic carbocycles. The minimum absolute atomic E-state index is 0.00399. The predicted molar refractivity (Wildman–Crippen MR) is 271 cm³/mol. The molecule has 63 heavy (non-hydrogen) atoms. The van der Waals surface area contributed by atoms with Gasteiger partial charge in [0.2, 0.25) is 0 Å². The van der Waals surface area contributed by atoms with E-state index in [2.05, 4.69) is 230 Å². The van der Waals surface area contributed by atoms with Crippen LogP contribution < -0.4 is 10.4 Å². The minimum atomic E-state index is -0.273. The number of hydrogen-bond acceptors (Lipinski definition) is 1. The highest BCUT2D eigenvalue weighted by atomic mass is 15.2. The van der Waals surface area contributed by atoms with E-state index in [1.165, 1.54) is 116 Å². The third-order valence-corrected chi connectivity index (χ3v) is 14.9. The minimum Gasteiger partial charge on any atom is -0.375 e. The van der Waals surface area contributed by atoms with E-state index in [-0.39, 0.29) is 28.5 Å². The Balaban J connectivity index is 1.32. The first-order valence-electron chi connectivity index (χ1n) is 23.0. The Morgan fingerprint density at radius 3 is 1.71 bits per heavy atom. The number of fused-ring (bicyclic) bond motifs is 12. The van der Waals surface area contributed by atoms with Gasteiger partial charge in [0.05, 0.1) is 11.0 Å². The Kier molecular flexibility index (Phi) is 7.61. The topological polar surface area (TPSA) is 13.1 Å². The normalized spacial score (nSPS) is 15.5. The van der Waals surface area contributed by atoms with Gasteiger partial charge in [0.1, 0.15) is 0 Å². The largest absolute Gasteiger partial charge is 0.375 e. The summed E-state index contributed by atoms with van der Waals surface area (Å²) in [6.07, 6.45) is 0. The molecule has 12 rings (SSSR count). The van der Waals surface area contributed by atoms with Gasteiger partial charge in [-0.05, 0) is 110 Å². The van der Waals surface area contributed by atoms with E-state index in [0.717, 1.165) is 0 Å². The molecule has 0 radical (unpaired) electrons.